The highest BCUT2D eigenvalue weighted by Gasteiger charge is 2.40. The maximum absolute atomic E-state index is 13.3. The Labute approximate surface area is 177 Å². The van der Waals surface area contributed by atoms with E-state index >= 15 is 0 Å². The van der Waals surface area contributed by atoms with Crippen LogP contribution in [0.5, 0.6) is 0 Å². The monoisotopic (exact) mass is 405 g/mol. The van der Waals surface area contributed by atoms with Gasteiger partial charge in [0.05, 0.1) is 0 Å². The molecule has 0 aromatic rings. The van der Waals surface area contributed by atoms with Gasteiger partial charge >= 0.3 is 0 Å². The topological polar surface area (TPSA) is 62.4 Å². The highest BCUT2D eigenvalue weighted by molar-refractivity contribution is 5.81. The van der Waals surface area contributed by atoms with Crippen LogP contribution in [0.1, 0.15) is 90.9 Å². The van der Waals surface area contributed by atoms with Crippen molar-refractivity contribution in [2.24, 2.45) is 23.7 Å². The van der Waals surface area contributed by atoms with Crippen molar-refractivity contribution in [1.29, 1.82) is 0 Å². The van der Waals surface area contributed by atoms with Gasteiger partial charge in [-0.1, -0.05) is 52.4 Å². The molecule has 1 amide bonds. The second-order valence-electron chi connectivity index (χ2n) is 10.6. The van der Waals surface area contributed by atoms with Gasteiger partial charge in [-0.3, -0.25) is 9.63 Å². The molecular formula is C24H43N3O2. The number of hydrogen-bond acceptors (Lipinski definition) is 4. The summed E-state index contributed by atoms with van der Waals surface area (Å²) in [7, 11) is 0. The Hall–Kier alpha value is -0.650. The number of piperidine rings is 1. The number of rotatable bonds is 5. The van der Waals surface area contributed by atoms with E-state index < -0.39 is 0 Å². The first-order chi connectivity index (χ1) is 14.1. The Morgan fingerprint density at radius 3 is 2.59 bits per heavy atom. The molecule has 166 valence electrons. The lowest BCUT2D eigenvalue weighted by molar-refractivity contribution is -0.159. The smallest absolute Gasteiger partial charge is 0.251 e. The molecule has 2 heterocycles. The van der Waals surface area contributed by atoms with Crippen LogP contribution in [0.3, 0.4) is 0 Å². The predicted molar refractivity (Wildman–Crippen MR) is 116 cm³/mol. The molecule has 0 bridgehead atoms. The number of amides is 1. The molecule has 7 unspecified atom stereocenters. The van der Waals surface area contributed by atoms with Crippen LogP contribution in [0.4, 0.5) is 0 Å². The van der Waals surface area contributed by atoms with Gasteiger partial charge in [-0.15, -0.1) is 0 Å². The molecule has 0 aromatic carbocycles. The van der Waals surface area contributed by atoms with Crippen LogP contribution in [-0.4, -0.2) is 36.7 Å². The lowest BCUT2D eigenvalue weighted by Gasteiger charge is -2.43. The zero-order valence-electron chi connectivity index (χ0n) is 18.6. The van der Waals surface area contributed by atoms with E-state index in [1.165, 1.54) is 64.2 Å². The van der Waals surface area contributed by atoms with E-state index in [4.69, 9.17) is 4.84 Å². The number of hydroxylamine groups is 1. The van der Waals surface area contributed by atoms with Gasteiger partial charge in [0.25, 0.3) is 5.91 Å². The molecule has 0 spiro atoms. The number of hydrogen-bond donors (Lipinski definition) is 3. The van der Waals surface area contributed by atoms with Gasteiger partial charge in [0, 0.05) is 18.1 Å². The molecule has 2 saturated carbocycles. The molecular weight excluding hydrogens is 362 g/mol. The summed E-state index contributed by atoms with van der Waals surface area (Å²) in [6.07, 6.45) is 14.7. The fourth-order valence-electron chi connectivity index (χ4n) is 6.61. The van der Waals surface area contributed by atoms with Crippen LogP contribution in [0, 0.1) is 23.7 Å². The summed E-state index contributed by atoms with van der Waals surface area (Å²) in [5.74, 6) is 2.70. The third-order valence-corrected chi connectivity index (χ3v) is 8.41. The SMILES string of the molecule is CC1CCCC2CC(C(=O)NC(CC3CCCCC3)C3NCCCC3C)ONC12. The van der Waals surface area contributed by atoms with Gasteiger partial charge in [0.1, 0.15) is 0 Å². The van der Waals surface area contributed by atoms with Gasteiger partial charge in [-0.05, 0) is 68.7 Å². The molecule has 29 heavy (non-hydrogen) atoms. The normalized spacial score (nSPS) is 40.1. The summed E-state index contributed by atoms with van der Waals surface area (Å²) in [6, 6.07) is 1.05. The van der Waals surface area contributed by atoms with Crippen molar-refractivity contribution >= 4 is 5.91 Å². The Morgan fingerprint density at radius 2 is 1.79 bits per heavy atom. The molecule has 0 radical (unpaired) electrons. The van der Waals surface area contributed by atoms with E-state index in [9.17, 15) is 4.79 Å². The summed E-state index contributed by atoms with van der Waals surface area (Å²) < 4.78 is 0. The molecule has 2 saturated heterocycles. The minimum Gasteiger partial charge on any atom is -0.349 e. The lowest BCUT2D eigenvalue weighted by Crippen LogP contribution is -2.60. The van der Waals surface area contributed by atoms with Crippen LogP contribution in [0.25, 0.3) is 0 Å². The molecule has 0 aromatic heterocycles. The summed E-state index contributed by atoms with van der Waals surface area (Å²) in [5.41, 5.74) is 3.27. The average molecular weight is 406 g/mol. The molecule has 4 aliphatic rings. The molecule has 4 fully saturated rings. The molecule has 2 aliphatic heterocycles. The van der Waals surface area contributed by atoms with E-state index in [1.54, 1.807) is 0 Å². The summed E-state index contributed by atoms with van der Waals surface area (Å²) in [4.78, 5) is 19.2. The Balaban J connectivity index is 1.38. The highest BCUT2D eigenvalue weighted by atomic mass is 16.7. The molecule has 5 heteroatoms. The zero-order chi connectivity index (χ0) is 20.2. The van der Waals surface area contributed by atoms with Crippen molar-refractivity contribution in [2.45, 2.75) is 115 Å². The summed E-state index contributed by atoms with van der Waals surface area (Å²) in [6.45, 7) is 5.74. The first-order valence-corrected chi connectivity index (χ1v) is 12.6. The van der Waals surface area contributed by atoms with Crippen molar-refractivity contribution in [2.75, 3.05) is 6.54 Å². The second kappa shape index (κ2) is 10.1. The predicted octanol–water partition coefficient (Wildman–Crippen LogP) is 3.93. The molecule has 5 nitrogen and oxygen atoms in total. The van der Waals surface area contributed by atoms with Crippen molar-refractivity contribution in [1.82, 2.24) is 16.1 Å². The molecule has 2 aliphatic carbocycles. The van der Waals surface area contributed by atoms with Crippen LogP contribution >= 0.6 is 0 Å². The van der Waals surface area contributed by atoms with Crippen LogP contribution in [0.15, 0.2) is 0 Å². The third-order valence-electron chi connectivity index (χ3n) is 8.41. The Bertz CT molecular complexity index is 536. The third kappa shape index (κ3) is 5.34. The van der Waals surface area contributed by atoms with E-state index in [0.717, 1.165) is 25.3 Å². The molecule has 3 N–H and O–H groups in total. The van der Waals surface area contributed by atoms with Crippen molar-refractivity contribution in [3.05, 3.63) is 0 Å². The van der Waals surface area contributed by atoms with Gasteiger partial charge in [0.2, 0.25) is 0 Å². The first-order valence-electron chi connectivity index (χ1n) is 12.6. The molecule has 4 rings (SSSR count). The fourth-order valence-corrected chi connectivity index (χ4v) is 6.61. The van der Waals surface area contributed by atoms with E-state index in [0.29, 0.717) is 29.8 Å². The van der Waals surface area contributed by atoms with Crippen molar-refractivity contribution in [3.63, 3.8) is 0 Å². The van der Waals surface area contributed by atoms with Gasteiger partial charge in [0.15, 0.2) is 6.10 Å². The van der Waals surface area contributed by atoms with Crippen molar-refractivity contribution < 1.29 is 9.63 Å². The van der Waals surface area contributed by atoms with Crippen LogP contribution in [0.2, 0.25) is 0 Å². The number of carbonyl (C=O) groups is 1. The van der Waals surface area contributed by atoms with Gasteiger partial charge in [-0.25, -0.2) is 0 Å². The Morgan fingerprint density at radius 1 is 1.00 bits per heavy atom. The average Bonchev–Trinajstić information content (AvgIpc) is 2.74. The van der Waals surface area contributed by atoms with Crippen LogP contribution in [-0.2, 0) is 9.63 Å². The van der Waals surface area contributed by atoms with Crippen LogP contribution < -0.4 is 16.1 Å². The maximum Gasteiger partial charge on any atom is 0.251 e. The minimum atomic E-state index is -0.339. The fraction of sp³-hybridized carbons (Fsp3) is 0.958. The largest absolute Gasteiger partial charge is 0.349 e. The van der Waals surface area contributed by atoms with E-state index in [2.05, 4.69) is 30.0 Å². The quantitative estimate of drug-likeness (QED) is 0.649. The minimum absolute atomic E-state index is 0.106. The van der Waals surface area contributed by atoms with Crippen molar-refractivity contribution in [3.8, 4) is 0 Å². The van der Waals surface area contributed by atoms with Gasteiger partial charge < -0.3 is 10.6 Å². The highest BCUT2D eigenvalue weighted by Crippen LogP contribution is 2.35. The number of nitrogens with one attached hydrogen (secondary N) is 3. The van der Waals surface area contributed by atoms with E-state index in [-0.39, 0.29) is 18.1 Å². The lowest BCUT2D eigenvalue weighted by atomic mass is 9.75. The number of fused-ring (bicyclic) bond motifs is 1. The standard InChI is InChI=1S/C24H43N3O2/c1-16-8-6-12-19-15-21(29-27-22(16)19)24(28)26-20(14-18-10-4-3-5-11-18)23-17(2)9-7-13-25-23/h16-23,25,27H,3-15H2,1-2H3,(H,26,28). The maximum atomic E-state index is 13.3. The van der Waals surface area contributed by atoms with Gasteiger partial charge in [-0.2, -0.15) is 5.48 Å². The Kier molecular flexibility index (Phi) is 7.52. The first kappa shape index (κ1) is 21.6. The van der Waals surface area contributed by atoms with E-state index in [1.807, 2.05) is 0 Å². The second-order valence-corrected chi connectivity index (χ2v) is 10.6. The number of carbonyl (C=O) groups excluding carboxylic acids is 1. The summed E-state index contributed by atoms with van der Waals surface area (Å²) >= 11 is 0. The molecule has 7 atom stereocenters. The summed E-state index contributed by atoms with van der Waals surface area (Å²) in [5, 5.41) is 7.22. The zero-order valence-corrected chi connectivity index (χ0v) is 18.6.